The van der Waals surface area contributed by atoms with Gasteiger partial charge in [-0.1, -0.05) is 59.8 Å². The Labute approximate surface area is 227 Å². The average molecular weight is 537 g/mol. The van der Waals surface area contributed by atoms with E-state index >= 15 is 0 Å². The SMILES string of the molecule is CCC(C)(C)C(=O)O[C@H]1C[C@@H](C)C=C2C=CC(C)C(CC[C@@H]3CC(OS(C)(C)C(C)(C)C)CC(=O)O3)C21. The summed E-state index contributed by atoms with van der Waals surface area (Å²) in [6.45, 7) is 17.1. The minimum atomic E-state index is -1.32. The van der Waals surface area contributed by atoms with Crippen LogP contribution in [0, 0.1) is 29.1 Å². The maximum absolute atomic E-state index is 13.1. The Morgan fingerprint density at radius 1 is 1.11 bits per heavy atom. The smallest absolute Gasteiger partial charge is 0.311 e. The maximum Gasteiger partial charge on any atom is 0.311 e. The van der Waals surface area contributed by atoms with E-state index in [2.05, 4.69) is 65.4 Å². The monoisotopic (exact) mass is 536 g/mol. The molecule has 0 amide bonds. The number of fused-ring (bicyclic) bond motifs is 1. The molecule has 0 bridgehead atoms. The highest BCUT2D eigenvalue weighted by Gasteiger charge is 2.44. The molecule has 3 rings (SSSR count). The summed E-state index contributed by atoms with van der Waals surface area (Å²) in [4.78, 5) is 25.6. The van der Waals surface area contributed by atoms with Gasteiger partial charge in [0.25, 0.3) is 0 Å². The molecule has 3 aliphatic rings. The van der Waals surface area contributed by atoms with Crippen LogP contribution in [-0.2, 0) is 23.2 Å². The van der Waals surface area contributed by atoms with Crippen LogP contribution in [0.25, 0.3) is 0 Å². The van der Waals surface area contributed by atoms with Gasteiger partial charge >= 0.3 is 11.9 Å². The molecule has 1 aliphatic heterocycles. The van der Waals surface area contributed by atoms with Crippen LogP contribution in [0.15, 0.2) is 23.8 Å². The van der Waals surface area contributed by atoms with Gasteiger partial charge in [0.05, 0.1) is 17.9 Å². The fraction of sp³-hybridized carbons (Fsp3) is 0.806. The number of esters is 2. The van der Waals surface area contributed by atoms with Crippen LogP contribution in [0.3, 0.4) is 0 Å². The van der Waals surface area contributed by atoms with Crippen molar-refractivity contribution < 1.29 is 23.2 Å². The molecule has 1 heterocycles. The van der Waals surface area contributed by atoms with Crippen LogP contribution in [-0.4, -0.2) is 47.5 Å². The summed E-state index contributed by atoms with van der Waals surface area (Å²) in [5, 5.41) is 0. The Kier molecular flexibility index (Phi) is 9.37. The number of carbonyl (C=O) groups excluding carboxylic acids is 2. The minimum Gasteiger partial charge on any atom is -0.462 e. The first-order valence-electron chi connectivity index (χ1n) is 14.3. The fourth-order valence-electron chi connectivity index (χ4n) is 5.62. The van der Waals surface area contributed by atoms with E-state index in [1.165, 1.54) is 5.57 Å². The number of hydrogen-bond donors (Lipinski definition) is 0. The Morgan fingerprint density at radius 3 is 2.41 bits per heavy atom. The van der Waals surface area contributed by atoms with E-state index < -0.39 is 15.7 Å². The van der Waals surface area contributed by atoms with Crippen molar-refractivity contribution in [2.45, 2.75) is 117 Å². The van der Waals surface area contributed by atoms with Gasteiger partial charge in [0.15, 0.2) is 0 Å². The largest absolute Gasteiger partial charge is 0.462 e. The second-order valence-electron chi connectivity index (χ2n) is 13.7. The van der Waals surface area contributed by atoms with Crippen molar-refractivity contribution in [3.8, 4) is 0 Å². The summed E-state index contributed by atoms with van der Waals surface area (Å²) >= 11 is 0. The van der Waals surface area contributed by atoms with Crippen molar-refractivity contribution in [1.29, 1.82) is 0 Å². The first kappa shape index (κ1) is 30.3. The molecule has 7 atom stereocenters. The second kappa shape index (κ2) is 11.5. The van der Waals surface area contributed by atoms with Gasteiger partial charge < -0.3 is 13.7 Å². The molecule has 0 spiro atoms. The Bertz CT molecular complexity index is 896. The summed E-state index contributed by atoms with van der Waals surface area (Å²) < 4.78 is 18.7. The van der Waals surface area contributed by atoms with Gasteiger partial charge in [-0.25, -0.2) is 0 Å². The molecule has 1 fully saturated rings. The summed E-state index contributed by atoms with van der Waals surface area (Å²) in [6.07, 6.45) is 15.4. The van der Waals surface area contributed by atoms with Gasteiger partial charge in [-0.2, -0.15) is 0 Å². The molecule has 4 unspecified atom stereocenters. The number of ether oxygens (including phenoxy) is 2. The molecule has 6 heteroatoms. The van der Waals surface area contributed by atoms with Gasteiger partial charge in [0.1, 0.15) is 12.2 Å². The molecule has 5 nitrogen and oxygen atoms in total. The lowest BCUT2D eigenvalue weighted by Crippen LogP contribution is -2.43. The van der Waals surface area contributed by atoms with Gasteiger partial charge in [-0.05, 0) is 75.4 Å². The summed E-state index contributed by atoms with van der Waals surface area (Å²) in [6, 6.07) is 0. The standard InChI is InChI=1S/C31H52O5S/c1-11-31(7,8)29(33)35-26-17-20(2)16-22-13-12-21(3)25(28(22)26)15-14-23-18-24(19-27(32)34-23)36-37(9,10)30(4,5)6/h12-13,16,20-21,23-26,28H,11,14-15,17-19H2,1-10H3/t20-,21?,23+,24?,25?,26-,28?/m0/s1. The van der Waals surface area contributed by atoms with E-state index in [0.29, 0.717) is 24.2 Å². The Hall–Kier alpha value is -1.27. The molecule has 0 aromatic carbocycles. The van der Waals surface area contributed by atoms with E-state index in [4.69, 9.17) is 13.7 Å². The van der Waals surface area contributed by atoms with Gasteiger partial charge in [0.2, 0.25) is 0 Å². The van der Waals surface area contributed by atoms with Crippen LogP contribution < -0.4 is 0 Å². The quantitative estimate of drug-likeness (QED) is 0.303. The first-order chi connectivity index (χ1) is 17.0. The normalized spacial score (nSPS) is 33.3. The molecule has 0 radical (unpaired) electrons. The predicted molar refractivity (Wildman–Crippen MR) is 154 cm³/mol. The van der Waals surface area contributed by atoms with Gasteiger partial charge in [-0.3, -0.25) is 9.59 Å². The molecule has 0 N–H and O–H groups in total. The third kappa shape index (κ3) is 7.23. The molecular weight excluding hydrogens is 484 g/mol. The lowest BCUT2D eigenvalue weighted by atomic mass is 9.65. The van der Waals surface area contributed by atoms with E-state index in [0.717, 1.165) is 32.1 Å². The van der Waals surface area contributed by atoms with Crippen molar-refractivity contribution in [1.82, 2.24) is 0 Å². The zero-order valence-corrected chi connectivity index (χ0v) is 25.8. The van der Waals surface area contributed by atoms with Crippen LogP contribution in [0.1, 0.15) is 93.9 Å². The summed E-state index contributed by atoms with van der Waals surface area (Å²) in [7, 11) is -1.32. The van der Waals surface area contributed by atoms with Crippen LogP contribution in [0.2, 0.25) is 0 Å². The maximum atomic E-state index is 13.1. The minimum absolute atomic E-state index is 0.0490. The van der Waals surface area contributed by atoms with Crippen LogP contribution in [0.5, 0.6) is 0 Å². The first-order valence-corrected chi connectivity index (χ1v) is 16.6. The fourth-order valence-corrected chi connectivity index (χ4v) is 6.74. The lowest BCUT2D eigenvalue weighted by molar-refractivity contribution is -0.165. The number of carbonyl (C=O) groups is 2. The summed E-state index contributed by atoms with van der Waals surface area (Å²) in [5.41, 5.74) is 0.816. The van der Waals surface area contributed by atoms with Crippen molar-refractivity contribution in [3.63, 3.8) is 0 Å². The lowest BCUT2D eigenvalue weighted by Gasteiger charge is -2.47. The van der Waals surface area contributed by atoms with Gasteiger partial charge in [0, 0.05) is 17.1 Å². The molecule has 1 saturated heterocycles. The number of rotatable bonds is 8. The molecule has 37 heavy (non-hydrogen) atoms. The van der Waals surface area contributed by atoms with E-state index in [-0.39, 0.29) is 40.9 Å². The highest BCUT2D eigenvalue weighted by molar-refractivity contribution is 8.29. The number of allylic oxidation sites excluding steroid dienone is 3. The van der Waals surface area contributed by atoms with Crippen molar-refractivity contribution >= 4 is 22.2 Å². The third-order valence-electron chi connectivity index (χ3n) is 9.18. The molecule has 0 aromatic rings. The van der Waals surface area contributed by atoms with Crippen LogP contribution >= 0.6 is 10.3 Å². The van der Waals surface area contributed by atoms with Crippen molar-refractivity contribution in [2.24, 2.45) is 29.1 Å². The number of cyclic esters (lactones) is 1. The second-order valence-corrected chi connectivity index (χ2v) is 17.5. The molecule has 0 aromatic heterocycles. The zero-order chi connectivity index (χ0) is 27.8. The highest BCUT2D eigenvalue weighted by Crippen LogP contribution is 2.55. The molecule has 2 aliphatic carbocycles. The highest BCUT2D eigenvalue weighted by atomic mass is 32.3. The zero-order valence-electron chi connectivity index (χ0n) is 25.0. The molecule has 212 valence electrons. The average Bonchev–Trinajstić information content (AvgIpc) is 2.77. The summed E-state index contributed by atoms with van der Waals surface area (Å²) in [5.74, 6) is 1.01. The third-order valence-corrected chi connectivity index (χ3v) is 12.9. The van der Waals surface area contributed by atoms with Crippen LogP contribution in [0.4, 0.5) is 0 Å². The predicted octanol–water partition coefficient (Wildman–Crippen LogP) is 7.39. The van der Waals surface area contributed by atoms with Gasteiger partial charge in [-0.15, -0.1) is 10.3 Å². The Balaban J connectivity index is 1.73. The molecular formula is C31H52O5S. The van der Waals surface area contributed by atoms with E-state index in [9.17, 15) is 9.59 Å². The van der Waals surface area contributed by atoms with E-state index in [1.54, 1.807) is 0 Å². The molecule has 0 saturated carbocycles. The Morgan fingerprint density at radius 2 is 1.78 bits per heavy atom. The number of hydrogen-bond acceptors (Lipinski definition) is 5. The van der Waals surface area contributed by atoms with Crippen molar-refractivity contribution in [2.75, 3.05) is 12.5 Å². The van der Waals surface area contributed by atoms with Crippen molar-refractivity contribution in [3.05, 3.63) is 23.8 Å². The topological polar surface area (TPSA) is 61.8 Å². The van der Waals surface area contributed by atoms with E-state index in [1.807, 2.05) is 20.8 Å².